The van der Waals surface area contributed by atoms with E-state index in [1.165, 1.54) is 10.8 Å². The van der Waals surface area contributed by atoms with Crippen LogP contribution in [0.25, 0.3) is 110 Å². The highest BCUT2D eigenvalue weighted by molar-refractivity contribution is 6.31. The zero-order valence-electron chi connectivity index (χ0n) is 28.4. The molecule has 12 rings (SSSR count). The van der Waals surface area contributed by atoms with Crippen LogP contribution in [0.5, 0.6) is 0 Å². The molecule has 5 heteroatoms. The molecule has 0 amide bonds. The first-order chi connectivity index (χ1) is 26.3. The summed E-state index contributed by atoms with van der Waals surface area (Å²) in [4.78, 5) is 10.7. The van der Waals surface area contributed by atoms with Gasteiger partial charge in [-0.2, -0.15) is 0 Å². The Hall–Kier alpha value is -7.24. The summed E-state index contributed by atoms with van der Waals surface area (Å²) in [6, 6.07) is 59.9. The third-order valence-electron chi connectivity index (χ3n) is 10.9. The van der Waals surface area contributed by atoms with Gasteiger partial charge in [0, 0.05) is 43.3 Å². The van der Waals surface area contributed by atoms with Gasteiger partial charge < -0.3 is 8.98 Å². The largest absolute Gasteiger partial charge is 0.456 e. The smallest absolute Gasteiger partial charge is 0.235 e. The maximum Gasteiger partial charge on any atom is 0.235 e. The molecule has 246 valence electrons. The van der Waals surface area contributed by atoms with Crippen LogP contribution in [-0.2, 0) is 0 Å². The molecular weight excluding hydrogens is 649 g/mol. The van der Waals surface area contributed by atoms with E-state index in [4.69, 9.17) is 14.4 Å². The van der Waals surface area contributed by atoms with E-state index in [-0.39, 0.29) is 0 Å². The van der Waals surface area contributed by atoms with E-state index in [2.05, 4.69) is 167 Å². The first-order valence-electron chi connectivity index (χ1n) is 17.9. The molecule has 0 fully saturated rings. The molecule has 5 nitrogen and oxygen atoms in total. The molecule has 0 atom stereocenters. The highest BCUT2D eigenvalue weighted by atomic mass is 16.3. The van der Waals surface area contributed by atoms with Gasteiger partial charge in [0.25, 0.3) is 0 Å². The minimum Gasteiger partial charge on any atom is -0.456 e. The van der Waals surface area contributed by atoms with Gasteiger partial charge >= 0.3 is 0 Å². The van der Waals surface area contributed by atoms with E-state index in [9.17, 15) is 0 Å². The van der Waals surface area contributed by atoms with Crippen molar-refractivity contribution in [2.45, 2.75) is 0 Å². The third-order valence-corrected chi connectivity index (χ3v) is 10.9. The van der Waals surface area contributed by atoms with Crippen LogP contribution >= 0.6 is 0 Å². The highest BCUT2D eigenvalue weighted by Gasteiger charge is 2.25. The summed E-state index contributed by atoms with van der Waals surface area (Å²) in [7, 11) is 0. The normalized spacial score (nSPS) is 12.2. The second-order valence-electron chi connectivity index (χ2n) is 13.7. The van der Waals surface area contributed by atoms with Crippen molar-refractivity contribution in [2.75, 3.05) is 0 Å². The van der Waals surface area contributed by atoms with Crippen molar-refractivity contribution in [3.8, 4) is 22.9 Å². The number of fused-ring (bicyclic) bond motifs is 13. The van der Waals surface area contributed by atoms with E-state index < -0.39 is 0 Å². The minimum atomic E-state index is 0.641. The van der Waals surface area contributed by atoms with Gasteiger partial charge in [0.15, 0.2) is 0 Å². The summed E-state index contributed by atoms with van der Waals surface area (Å²) in [5.41, 5.74) is 10.1. The second-order valence-corrected chi connectivity index (χ2v) is 13.7. The lowest BCUT2D eigenvalue weighted by Gasteiger charge is -2.13. The third kappa shape index (κ3) is 3.91. The van der Waals surface area contributed by atoms with Gasteiger partial charge in [-0.15, -0.1) is 0 Å². The predicted octanol–water partition coefficient (Wildman–Crippen LogP) is 12.5. The molecule has 8 aromatic carbocycles. The van der Waals surface area contributed by atoms with Crippen molar-refractivity contribution in [1.82, 2.24) is 19.1 Å². The Kier molecular flexibility index (Phi) is 5.71. The van der Waals surface area contributed by atoms with Crippen molar-refractivity contribution in [1.29, 1.82) is 0 Å². The molecule has 0 radical (unpaired) electrons. The topological polar surface area (TPSA) is 48.8 Å². The summed E-state index contributed by atoms with van der Waals surface area (Å²) in [6.07, 6.45) is 0. The first kappa shape index (κ1) is 28.5. The van der Waals surface area contributed by atoms with Crippen LogP contribution < -0.4 is 0 Å². The van der Waals surface area contributed by atoms with Crippen molar-refractivity contribution in [3.05, 3.63) is 170 Å². The fourth-order valence-corrected chi connectivity index (χ4v) is 8.69. The van der Waals surface area contributed by atoms with E-state index >= 15 is 0 Å². The first-order valence-corrected chi connectivity index (χ1v) is 17.9. The SMILES string of the molecule is c1ccc(-c2nc(-n3c4ccccc4c4ccc5c(c6ccc7oc8ccccc8c7c6n5-c5cccc6ccccc56)c43)nc3ccccc23)cc1. The fraction of sp³-hybridized carbons (Fsp3) is 0. The van der Waals surface area contributed by atoms with Crippen LogP contribution in [0.1, 0.15) is 0 Å². The summed E-state index contributed by atoms with van der Waals surface area (Å²) in [5, 5.41) is 10.2. The minimum absolute atomic E-state index is 0.641. The summed E-state index contributed by atoms with van der Waals surface area (Å²) in [5.74, 6) is 0.641. The Morgan fingerprint density at radius 2 is 1.09 bits per heavy atom. The average Bonchev–Trinajstić information content (AvgIpc) is 3.88. The zero-order chi connectivity index (χ0) is 34.6. The Morgan fingerprint density at radius 3 is 2.00 bits per heavy atom. The standard InChI is InChI=1S/C48H28N4O/c1-2-14-30(15-3-1)45-34-19-6-9-21-37(34)49-48(50-45)52-39-22-10-7-18-32(39)33-25-27-40-43(46(33)52)36-26-28-42-44(35-20-8-11-24-41(35)53-42)47(36)51(40)38-23-12-16-29-13-4-5-17-31(29)38/h1-28H. The summed E-state index contributed by atoms with van der Waals surface area (Å²) < 4.78 is 11.3. The quantitative estimate of drug-likeness (QED) is 0.187. The van der Waals surface area contributed by atoms with Gasteiger partial charge in [0.1, 0.15) is 11.2 Å². The fourth-order valence-electron chi connectivity index (χ4n) is 8.69. The Bertz CT molecular complexity index is 3450. The number of para-hydroxylation sites is 3. The highest BCUT2D eigenvalue weighted by Crippen LogP contribution is 2.46. The van der Waals surface area contributed by atoms with Crippen LogP contribution in [0, 0.1) is 0 Å². The van der Waals surface area contributed by atoms with Gasteiger partial charge in [-0.25, -0.2) is 9.97 Å². The Balaban J connectivity index is 1.32. The number of rotatable bonds is 3. The van der Waals surface area contributed by atoms with Crippen molar-refractivity contribution < 1.29 is 4.42 Å². The van der Waals surface area contributed by atoms with Gasteiger partial charge in [-0.1, -0.05) is 127 Å². The molecule has 0 N–H and O–H groups in total. The number of hydrogen-bond acceptors (Lipinski definition) is 3. The van der Waals surface area contributed by atoms with Crippen molar-refractivity contribution in [3.63, 3.8) is 0 Å². The summed E-state index contributed by atoms with van der Waals surface area (Å²) in [6.45, 7) is 0. The lowest BCUT2D eigenvalue weighted by molar-refractivity contribution is 0.669. The Labute approximate surface area is 302 Å². The van der Waals surface area contributed by atoms with E-state index in [0.717, 1.165) is 93.4 Å². The summed E-state index contributed by atoms with van der Waals surface area (Å²) >= 11 is 0. The molecule has 4 aromatic heterocycles. The van der Waals surface area contributed by atoms with Crippen LogP contribution in [0.2, 0.25) is 0 Å². The molecule has 0 aliphatic heterocycles. The number of benzene rings is 8. The maximum absolute atomic E-state index is 6.52. The van der Waals surface area contributed by atoms with Gasteiger partial charge in [-0.05, 0) is 47.9 Å². The monoisotopic (exact) mass is 676 g/mol. The van der Waals surface area contributed by atoms with Gasteiger partial charge in [-0.3, -0.25) is 4.57 Å². The average molecular weight is 677 g/mol. The van der Waals surface area contributed by atoms with Crippen LogP contribution in [0.15, 0.2) is 174 Å². The van der Waals surface area contributed by atoms with Crippen LogP contribution in [-0.4, -0.2) is 19.1 Å². The van der Waals surface area contributed by atoms with E-state index in [0.29, 0.717) is 5.95 Å². The second kappa shape index (κ2) is 10.6. The predicted molar refractivity (Wildman–Crippen MR) is 218 cm³/mol. The lowest BCUT2D eigenvalue weighted by Crippen LogP contribution is -2.03. The number of furan rings is 1. The van der Waals surface area contributed by atoms with Crippen LogP contribution in [0.4, 0.5) is 0 Å². The molecule has 0 bridgehead atoms. The molecular formula is C48H28N4O. The van der Waals surface area contributed by atoms with Gasteiger partial charge in [0.05, 0.1) is 44.4 Å². The zero-order valence-corrected chi connectivity index (χ0v) is 28.4. The molecule has 0 aliphatic rings. The van der Waals surface area contributed by atoms with Crippen LogP contribution in [0.3, 0.4) is 0 Å². The Morgan fingerprint density at radius 1 is 0.396 bits per heavy atom. The number of nitrogens with zero attached hydrogens (tertiary/aromatic N) is 4. The molecule has 0 aliphatic carbocycles. The number of hydrogen-bond donors (Lipinski definition) is 0. The maximum atomic E-state index is 6.52. The molecule has 0 spiro atoms. The van der Waals surface area contributed by atoms with Crippen molar-refractivity contribution >= 4 is 87.2 Å². The molecule has 0 unspecified atom stereocenters. The van der Waals surface area contributed by atoms with Gasteiger partial charge in [0.2, 0.25) is 5.95 Å². The molecule has 4 heterocycles. The van der Waals surface area contributed by atoms with E-state index in [1.54, 1.807) is 0 Å². The number of aromatic nitrogens is 4. The molecule has 0 saturated heterocycles. The van der Waals surface area contributed by atoms with E-state index in [1.807, 2.05) is 12.1 Å². The molecule has 12 aromatic rings. The van der Waals surface area contributed by atoms with Crippen molar-refractivity contribution in [2.24, 2.45) is 0 Å². The lowest BCUT2D eigenvalue weighted by atomic mass is 10.1. The molecule has 0 saturated carbocycles. The molecule has 53 heavy (non-hydrogen) atoms.